The van der Waals surface area contributed by atoms with Crippen molar-refractivity contribution in [2.45, 2.75) is 20.4 Å². The van der Waals surface area contributed by atoms with Crippen molar-refractivity contribution in [3.05, 3.63) is 48.5 Å². The second-order valence-electron chi connectivity index (χ2n) is 5.33. The van der Waals surface area contributed by atoms with Crippen LogP contribution in [0.3, 0.4) is 0 Å². The van der Waals surface area contributed by atoms with Gasteiger partial charge in [-0.2, -0.15) is 0 Å². The smallest absolute Gasteiger partial charge is 0.326 e. The summed E-state index contributed by atoms with van der Waals surface area (Å²) in [5.41, 5.74) is 0.574. The number of thiophene rings is 2. The molecule has 0 unspecified atom stereocenters. The summed E-state index contributed by atoms with van der Waals surface area (Å²) in [5, 5.41) is 0.516. The SMILES string of the molecule is Cc1sc2ncn(CC(=O)OCC(=O)c3ccc(Cl)s3)c(=O)c2c1C. The minimum Gasteiger partial charge on any atom is -0.456 e. The van der Waals surface area contributed by atoms with Crippen LogP contribution in [0.15, 0.2) is 23.3 Å². The minimum atomic E-state index is -0.677. The maximum Gasteiger partial charge on any atom is 0.326 e. The van der Waals surface area contributed by atoms with Gasteiger partial charge >= 0.3 is 5.97 Å². The summed E-state index contributed by atoms with van der Waals surface area (Å²) in [5.74, 6) is -1.01. The lowest BCUT2D eigenvalue weighted by atomic mass is 10.2. The van der Waals surface area contributed by atoms with Crippen molar-refractivity contribution in [1.29, 1.82) is 0 Å². The number of halogens is 1. The van der Waals surface area contributed by atoms with E-state index in [0.717, 1.165) is 21.8 Å². The lowest BCUT2D eigenvalue weighted by Gasteiger charge is -2.06. The number of carbonyl (C=O) groups excluding carboxylic acids is 2. The van der Waals surface area contributed by atoms with Gasteiger partial charge in [-0.3, -0.25) is 19.0 Å². The van der Waals surface area contributed by atoms with Gasteiger partial charge in [0, 0.05) is 4.88 Å². The largest absolute Gasteiger partial charge is 0.456 e. The van der Waals surface area contributed by atoms with Gasteiger partial charge in [0.2, 0.25) is 5.78 Å². The van der Waals surface area contributed by atoms with Crippen molar-refractivity contribution >= 4 is 56.2 Å². The first kappa shape index (κ1) is 17.8. The monoisotopic (exact) mass is 396 g/mol. The Kier molecular flexibility index (Phi) is 5.03. The van der Waals surface area contributed by atoms with Crippen LogP contribution in [0, 0.1) is 13.8 Å². The molecule has 0 fully saturated rings. The number of rotatable bonds is 5. The number of Topliss-reactive ketones (excluding diaryl/α,β-unsaturated/α-hetero) is 1. The molecule has 25 heavy (non-hydrogen) atoms. The summed E-state index contributed by atoms with van der Waals surface area (Å²) in [6, 6.07) is 3.18. The molecule has 130 valence electrons. The van der Waals surface area contributed by atoms with Crippen molar-refractivity contribution in [2.75, 3.05) is 6.61 Å². The third-order valence-corrected chi connectivity index (χ3v) is 6.05. The fourth-order valence-electron chi connectivity index (χ4n) is 2.25. The van der Waals surface area contributed by atoms with Crippen LogP contribution in [-0.4, -0.2) is 27.9 Å². The van der Waals surface area contributed by atoms with Crippen LogP contribution >= 0.6 is 34.3 Å². The fraction of sp³-hybridized carbons (Fsp3) is 0.250. The van der Waals surface area contributed by atoms with Gasteiger partial charge in [0.1, 0.15) is 11.4 Å². The predicted molar refractivity (Wildman–Crippen MR) is 98.0 cm³/mol. The molecule has 0 aliphatic carbocycles. The minimum absolute atomic E-state index is 0.292. The van der Waals surface area contributed by atoms with Crippen LogP contribution in [0.1, 0.15) is 20.1 Å². The number of esters is 1. The molecule has 0 bridgehead atoms. The van der Waals surface area contributed by atoms with E-state index in [0.29, 0.717) is 19.4 Å². The van der Waals surface area contributed by atoms with Crippen LogP contribution in [0.25, 0.3) is 10.2 Å². The summed E-state index contributed by atoms with van der Waals surface area (Å²) in [7, 11) is 0. The van der Waals surface area contributed by atoms with E-state index in [-0.39, 0.29) is 17.9 Å². The molecule has 3 aromatic heterocycles. The van der Waals surface area contributed by atoms with Gasteiger partial charge in [0.05, 0.1) is 20.9 Å². The van der Waals surface area contributed by atoms with Crippen LogP contribution < -0.4 is 5.56 Å². The highest BCUT2D eigenvalue weighted by atomic mass is 35.5. The van der Waals surface area contributed by atoms with Crippen molar-refractivity contribution in [3.8, 4) is 0 Å². The van der Waals surface area contributed by atoms with E-state index in [4.69, 9.17) is 16.3 Å². The van der Waals surface area contributed by atoms with Crippen molar-refractivity contribution < 1.29 is 14.3 Å². The number of hydrogen-bond acceptors (Lipinski definition) is 7. The molecule has 9 heteroatoms. The number of ether oxygens (including phenoxy) is 1. The fourth-order valence-corrected chi connectivity index (χ4v) is 4.20. The summed E-state index contributed by atoms with van der Waals surface area (Å²) >= 11 is 8.33. The molecule has 0 saturated heterocycles. The highest BCUT2D eigenvalue weighted by molar-refractivity contribution is 7.18. The third kappa shape index (κ3) is 3.65. The van der Waals surface area contributed by atoms with Gasteiger partial charge in [-0.1, -0.05) is 11.6 Å². The standard InChI is InChI=1S/C16H13ClN2O4S2/c1-8-9(2)24-15-14(8)16(22)19(7-18-15)5-13(21)23-6-10(20)11-3-4-12(17)25-11/h3-4,7H,5-6H2,1-2H3. The molecule has 3 heterocycles. The number of carbonyl (C=O) groups is 2. The molecule has 0 aromatic carbocycles. The Balaban J connectivity index is 1.70. The first-order valence-corrected chi connectivity index (χ1v) is 9.27. The Hall–Kier alpha value is -2.03. The van der Waals surface area contributed by atoms with Gasteiger partial charge in [0.25, 0.3) is 5.56 Å². The number of ketones is 1. The maximum atomic E-state index is 12.5. The second-order valence-corrected chi connectivity index (χ2v) is 8.25. The molecule has 3 rings (SSSR count). The molecule has 0 atom stereocenters. The van der Waals surface area contributed by atoms with E-state index in [1.54, 1.807) is 12.1 Å². The van der Waals surface area contributed by atoms with E-state index in [1.165, 1.54) is 22.2 Å². The van der Waals surface area contributed by atoms with Gasteiger partial charge in [-0.25, -0.2) is 4.98 Å². The zero-order chi connectivity index (χ0) is 18.1. The molecule has 0 amide bonds. The zero-order valence-electron chi connectivity index (χ0n) is 13.4. The van der Waals surface area contributed by atoms with Gasteiger partial charge < -0.3 is 4.74 Å². The first-order chi connectivity index (χ1) is 11.9. The number of aryl methyl sites for hydroxylation is 2. The Morgan fingerprint density at radius 2 is 2.04 bits per heavy atom. The van der Waals surface area contributed by atoms with Crippen LogP contribution in [0.5, 0.6) is 0 Å². The van der Waals surface area contributed by atoms with E-state index in [1.807, 2.05) is 13.8 Å². The summed E-state index contributed by atoms with van der Waals surface area (Å²) < 4.78 is 6.64. The molecule has 0 saturated carbocycles. The summed E-state index contributed by atoms with van der Waals surface area (Å²) in [6.45, 7) is 3.08. The Bertz CT molecular complexity index is 1030. The van der Waals surface area contributed by atoms with Crippen molar-refractivity contribution in [2.24, 2.45) is 0 Å². The first-order valence-electron chi connectivity index (χ1n) is 7.26. The molecule has 0 aliphatic rings. The highest BCUT2D eigenvalue weighted by Crippen LogP contribution is 2.25. The predicted octanol–water partition coefficient (Wildman–Crippen LogP) is 3.22. The zero-order valence-corrected chi connectivity index (χ0v) is 15.8. The quantitative estimate of drug-likeness (QED) is 0.488. The molecule has 0 radical (unpaired) electrons. The summed E-state index contributed by atoms with van der Waals surface area (Å²) in [4.78, 5) is 42.6. The summed E-state index contributed by atoms with van der Waals surface area (Å²) in [6.07, 6.45) is 1.32. The van der Waals surface area contributed by atoms with Crippen LogP contribution in [0.2, 0.25) is 4.34 Å². The van der Waals surface area contributed by atoms with E-state index in [9.17, 15) is 14.4 Å². The molecular formula is C16H13ClN2O4S2. The van der Waals surface area contributed by atoms with Crippen molar-refractivity contribution in [1.82, 2.24) is 9.55 Å². The number of aromatic nitrogens is 2. The number of nitrogens with zero attached hydrogens (tertiary/aromatic N) is 2. The average Bonchev–Trinajstić information content (AvgIpc) is 3.12. The van der Waals surface area contributed by atoms with Crippen molar-refractivity contribution in [3.63, 3.8) is 0 Å². The maximum absolute atomic E-state index is 12.5. The topological polar surface area (TPSA) is 78.3 Å². The highest BCUT2D eigenvalue weighted by Gasteiger charge is 2.16. The number of hydrogen-bond donors (Lipinski definition) is 0. The van der Waals surface area contributed by atoms with Gasteiger partial charge in [0.15, 0.2) is 6.61 Å². The normalized spacial score (nSPS) is 11.0. The Labute approximate surface area is 155 Å². The van der Waals surface area contributed by atoms with Crippen LogP contribution in [-0.2, 0) is 16.1 Å². The molecule has 0 aliphatic heterocycles. The molecule has 0 N–H and O–H groups in total. The lowest BCUT2D eigenvalue weighted by Crippen LogP contribution is -2.26. The Morgan fingerprint density at radius 1 is 1.28 bits per heavy atom. The van der Waals surface area contributed by atoms with E-state index < -0.39 is 12.6 Å². The second kappa shape index (κ2) is 7.07. The van der Waals surface area contributed by atoms with E-state index in [2.05, 4.69) is 4.98 Å². The molecular weight excluding hydrogens is 384 g/mol. The third-order valence-electron chi connectivity index (χ3n) is 3.67. The van der Waals surface area contributed by atoms with Gasteiger partial charge in [-0.05, 0) is 31.5 Å². The van der Waals surface area contributed by atoms with Crippen LogP contribution in [0.4, 0.5) is 0 Å². The molecule has 0 spiro atoms. The average molecular weight is 397 g/mol. The van der Waals surface area contributed by atoms with E-state index >= 15 is 0 Å². The Morgan fingerprint density at radius 3 is 2.72 bits per heavy atom. The lowest BCUT2D eigenvalue weighted by molar-refractivity contribution is -0.143. The molecule has 3 aromatic rings. The molecule has 6 nitrogen and oxygen atoms in total. The van der Waals surface area contributed by atoms with Gasteiger partial charge in [-0.15, -0.1) is 22.7 Å². The number of fused-ring (bicyclic) bond motifs is 1.